The molecule has 146 valence electrons. The number of piperidine rings is 1. The zero-order valence-corrected chi connectivity index (χ0v) is 16.2. The molecule has 3 heterocycles. The number of halogens is 1. The van der Waals surface area contributed by atoms with Gasteiger partial charge >= 0.3 is 5.69 Å². The van der Waals surface area contributed by atoms with Crippen LogP contribution in [0, 0.1) is 5.41 Å². The lowest BCUT2D eigenvalue weighted by atomic mass is 9.78. The Morgan fingerprint density at radius 2 is 1.93 bits per heavy atom. The Labute approximate surface area is 163 Å². The number of aromatic nitrogens is 2. The number of fused-ring (bicyclic) bond motifs is 1. The molecule has 2 aromatic rings. The lowest BCUT2D eigenvalue weighted by molar-refractivity contribution is 0.0608. The van der Waals surface area contributed by atoms with Crippen molar-refractivity contribution in [2.75, 3.05) is 26.2 Å². The summed E-state index contributed by atoms with van der Waals surface area (Å²) < 4.78 is 1.16. The molecule has 27 heavy (non-hydrogen) atoms. The molecule has 8 heteroatoms. The molecule has 2 saturated heterocycles. The lowest BCUT2D eigenvalue weighted by Crippen LogP contribution is -2.44. The Balaban J connectivity index is 0.00000210. The topological polar surface area (TPSA) is 87.2 Å². The second kappa shape index (κ2) is 7.48. The molecule has 7 nitrogen and oxygen atoms in total. The van der Waals surface area contributed by atoms with Gasteiger partial charge in [0, 0.05) is 31.7 Å². The van der Waals surface area contributed by atoms with Crippen LogP contribution in [0.2, 0.25) is 0 Å². The highest BCUT2D eigenvalue weighted by atomic mass is 35.5. The van der Waals surface area contributed by atoms with E-state index in [9.17, 15) is 14.4 Å². The normalized spacial score (nSPS) is 18.6. The van der Waals surface area contributed by atoms with Crippen LogP contribution in [0.3, 0.4) is 0 Å². The summed E-state index contributed by atoms with van der Waals surface area (Å²) >= 11 is 0. The van der Waals surface area contributed by atoms with Crippen LogP contribution in [-0.4, -0.2) is 46.5 Å². The van der Waals surface area contributed by atoms with Crippen molar-refractivity contribution in [2.45, 2.75) is 32.7 Å². The second-order valence-electron chi connectivity index (χ2n) is 7.46. The molecule has 2 N–H and O–H groups in total. The van der Waals surface area contributed by atoms with Crippen molar-refractivity contribution in [1.29, 1.82) is 0 Å². The first-order valence-corrected chi connectivity index (χ1v) is 9.30. The van der Waals surface area contributed by atoms with E-state index in [1.807, 2.05) is 4.90 Å². The summed E-state index contributed by atoms with van der Waals surface area (Å²) in [6, 6.07) is 4.95. The SMILES string of the molecule is CCn1c(=O)[nH]c2cc(C(=O)N3CCC4(CCNC4)CC3)ccc2c1=O.Cl. The highest BCUT2D eigenvalue weighted by Crippen LogP contribution is 2.37. The summed E-state index contributed by atoms with van der Waals surface area (Å²) in [5.41, 5.74) is 0.532. The number of carbonyl (C=O) groups is 1. The number of H-pyrrole nitrogens is 1. The summed E-state index contributed by atoms with van der Waals surface area (Å²) in [5.74, 6) is -0.0341. The molecule has 4 rings (SSSR count). The standard InChI is InChI=1S/C19H24N4O3.ClH/c1-2-23-17(25)14-4-3-13(11-15(14)21-18(23)26)16(24)22-9-6-19(7-10-22)5-8-20-12-19;/h3-4,11,20H,2,5-10,12H2,1H3,(H,21,26);1H. The maximum Gasteiger partial charge on any atom is 0.328 e. The van der Waals surface area contributed by atoms with Gasteiger partial charge in [0.05, 0.1) is 10.9 Å². The number of benzene rings is 1. The van der Waals surface area contributed by atoms with Gasteiger partial charge < -0.3 is 15.2 Å². The fourth-order valence-corrected chi connectivity index (χ4v) is 4.26. The first-order valence-electron chi connectivity index (χ1n) is 9.30. The number of rotatable bonds is 2. The molecule has 1 amide bonds. The van der Waals surface area contributed by atoms with Crippen molar-refractivity contribution in [3.8, 4) is 0 Å². The molecule has 0 atom stereocenters. The summed E-state index contributed by atoms with van der Waals surface area (Å²) in [4.78, 5) is 41.8. The molecular formula is C19H25ClN4O3. The molecule has 1 spiro atoms. The smallest absolute Gasteiger partial charge is 0.328 e. The van der Waals surface area contributed by atoms with E-state index in [1.54, 1.807) is 25.1 Å². The quantitative estimate of drug-likeness (QED) is 0.807. The zero-order valence-electron chi connectivity index (χ0n) is 15.4. The number of nitrogens with zero attached hydrogens (tertiary/aromatic N) is 2. The van der Waals surface area contributed by atoms with Crippen LogP contribution in [0.1, 0.15) is 36.5 Å². The number of nitrogens with one attached hydrogen (secondary N) is 2. The maximum absolute atomic E-state index is 12.9. The monoisotopic (exact) mass is 392 g/mol. The van der Waals surface area contributed by atoms with Gasteiger partial charge in [-0.3, -0.25) is 14.2 Å². The van der Waals surface area contributed by atoms with Gasteiger partial charge in [-0.25, -0.2) is 4.79 Å². The fourth-order valence-electron chi connectivity index (χ4n) is 4.26. The van der Waals surface area contributed by atoms with Crippen molar-refractivity contribution in [2.24, 2.45) is 5.41 Å². The van der Waals surface area contributed by atoms with Crippen LogP contribution >= 0.6 is 12.4 Å². The molecule has 0 bridgehead atoms. The Morgan fingerprint density at radius 1 is 1.19 bits per heavy atom. The molecular weight excluding hydrogens is 368 g/mol. The highest BCUT2D eigenvalue weighted by Gasteiger charge is 2.38. The van der Waals surface area contributed by atoms with Gasteiger partial charge in [-0.2, -0.15) is 0 Å². The largest absolute Gasteiger partial charge is 0.339 e. The van der Waals surface area contributed by atoms with Crippen molar-refractivity contribution in [3.05, 3.63) is 44.6 Å². The van der Waals surface area contributed by atoms with Crippen LogP contribution in [-0.2, 0) is 6.54 Å². The van der Waals surface area contributed by atoms with Crippen LogP contribution in [0.15, 0.2) is 27.8 Å². The van der Waals surface area contributed by atoms with E-state index in [1.165, 1.54) is 6.42 Å². The van der Waals surface area contributed by atoms with Crippen LogP contribution < -0.4 is 16.6 Å². The summed E-state index contributed by atoms with van der Waals surface area (Å²) in [6.07, 6.45) is 3.24. The van der Waals surface area contributed by atoms with E-state index in [2.05, 4.69) is 10.3 Å². The highest BCUT2D eigenvalue weighted by molar-refractivity contribution is 5.97. The van der Waals surface area contributed by atoms with E-state index in [4.69, 9.17) is 0 Å². The number of carbonyl (C=O) groups excluding carboxylic acids is 1. The number of hydrogen-bond acceptors (Lipinski definition) is 4. The maximum atomic E-state index is 12.9. The molecule has 0 radical (unpaired) electrons. The Kier molecular flexibility index (Phi) is 5.44. The summed E-state index contributed by atoms with van der Waals surface area (Å²) in [5, 5.41) is 3.86. The Bertz CT molecular complexity index is 965. The third kappa shape index (κ3) is 3.41. The van der Waals surface area contributed by atoms with Crippen LogP contribution in [0.25, 0.3) is 10.9 Å². The molecule has 2 aliphatic heterocycles. The fraction of sp³-hybridized carbons (Fsp3) is 0.526. The number of amides is 1. The zero-order chi connectivity index (χ0) is 18.3. The van der Waals surface area contributed by atoms with Gasteiger partial charge in [0.1, 0.15) is 0 Å². The van der Waals surface area contributed by atoms with Gasteiger partial charge in [-0.15, -0.1) is 12.4 Å². The first-order chi connectivity index (χ1) is 12.5. The predicted octanol–water partition coefficient (Wildman–Crippen LogP) is 1.35. The van der Waals surface area contributed by atoms with Crippen molar-refractivity contribution in [1.82, 2.24) is 19.8 Å². The average molecular weight is 393 g/mol. The van der Waals surface area contributed by atoms with Gasteiger partial charge in [0.25, 0.3) is 11.5 Å². The summed E-state index contributed by atoms with van der Waals surface area (Å²) in [7, 11) is 0. The minimum atomic E-state index is -0.441. The van der Waals surface area contributed by atoms with E-state index >= 15 is 0 Å². The van der Waals surface area contributed by atoms with Gasteiger partial charge in [0.2, 0.25) is 0 Å². The van der Waals surface area contributed by atoms with E-state index in [0.29, 0.717) is 28.4 Å². The number of aromatic amines is 1. The van der Waals surface area contributed by atoms with E-state index in [0.717, 1.165) is 43.6 Å². The lowest BCUT2D eigenvalue weighted by Gasteiger charge is -2.38. The first kappa shape index (κ1) is 19.6. The van der Waals surface area contributed by atoms with Gasteiger partial charge in [-0.1, -0.05) is 0 Å². The molecule has 1 aromatic heterocycles. The predicted molar refractivity (Wildman–Crippen MR) is 107 cm³/mol. The molecule has 2 aliphatic rings. The van der Waals surface area contributed by atoms with Crippen molar-refractivity contribution in [3.63, 3.8) is 0 Å². The minimum absolute atomic E-state index is 0. The Hall–Kier alpha value is -2.12. The molecule has 0 saturated carbocycles. The van der Waals surface area contributed by atoms with Crippen LogP contribution in [0.4, 0.5) is 0 Å². The van der Waals surface area contributed by atoms with Gasteiger partial charge in [-0.05, 0) is 56.3 Å². The van der Waals surface area contributed by atoms with E-state index in [-0.39, 0.29) is 23.9 Å². The van der Waals surface area contributed by atoms with Gasteiger partial charge in [0.15, 0.2) is 0 Å². The molecule has 2 fully saturated rings. The van der Waals surface area contributed by atoms with Crippen molar-refractivity contribution >= 4 is 29.2 Å². The minimum Gasteiger partial charge on any atom is -0.339 e. The number of hydrogen-bond donors (Lipinski definition) is 2. The third-order valence-corrected chi connectivity index (χ3v) is 5.99. The number of likely N-dealkylation sites (tertiary alicyclic amines) is 1. The molecule has 1 aromatic carbocycles. The summed E-state index contributed by atoms with van der Waals surface area (Å²) in [6.45, 7) is 5.70. The average Bonchev–Trinajstić information content (AvgIpc) is 3.09. The third-order valence-electron chi connectivity index (χ3n) is 5.99. The molecule has 0 unspecified atom stereocenters. The van der Waals surface area contributed by atoms with E-state index < -0.39 is 5.69 Å². The van der Waals surface area contributed by atoms with Crippen molar-refractivity contribution < 1.29 is 4.79 Å². The van der Waals surface area contributed by atoms with Crippen LogP contribution in [0.5, 0.6) is 0 Å². The second-order valence-corrected chi connectivity index (χ2v) is 7.46. The Morgan fingerprint density at radius 3 is 2.56 bits per heavy atom. The molecule has 0 aliphatic carbocycles.